The maximum atomic E-state index is 13.7. The van der Waals surface area contributed by atoms with Gasteiger partial charge in [-0.25, -0.2) is 14.4 Å². The Bertz CT molecular complexity index is 1070. The van der Waals surface area contributed by atoms with Crippen LogP contribution in [0.15, 0.2) is 36.5 Å². The number of aromatic nitrogens is 3. The maximum Gasteiger partial charge on any atom is 0.573 e. The molecule has 0 saturated heterocycles. The number of carbonyl (C=O) groups excluding carboxylic acids is 1. The quantitative estimate of drug-likeness (QED) is 0.441. The highest BCUT2D eigenvalue weighted by Gasteiger charge is 2.31. The summed E-state index contributed by atoms with van der Waals surface area (Å²) in [5, 5.41) is 2.81. The van der Waals surface area contributed by atoms with Crippen molar-refractivity contribution < 1.29 is 27.1 Å². The van der Waals surface area contributed by atoms with Gasteiger partial charge in [0.2, 0.25) is 11.9 Å². The van der Waals surface area contributed by atoms with Gasteiger partial charge in [0.1, 0.15) is 17.1 Å². The molecule has 31 heavy (non-hydrogen) atoms. The summed E-state index contributed by atoms with van der Waals surface area (Å²) in [5.74, 6) is -1.18. The Labute approximate surface area is 175 Å². The van der Waals surface area contributed by atoms with E-state index in [1.807, 2.05) is 0 Å². The summed E-state index contributed by atoms with van der Waals surface area (Å²) in [5.41, 5.74) is 0.876. The standard InChI is InChI=1S/C21H20F4N4O2/c22-14-11-17-18(26-12-14)29(15-7-9-16(10-8-15)31-21(23,24)25)20(27-17)28-19(30)13-5-3-1-2-4-6-13/h7-13H,1-6H2,(H,27,28,30). The van der Waals surface area contributed by atoms with E-state index in [0.29, 0.717) is 5.69 Å². The number of nitrogens with one attached hydrogen (secondary N) is 1. The second kappa shape index (κ2) is 8.52. The van der Waals surface area contributed by atoms with Gasteiger partial charge in [-0.1, -0.05) is 25.7 Å². The van der Waals surface area contributed by atoms with Crippen molar-refractivity contribution in [1.29, 1.82) is 0 Å². The van der Waals surface area contributed by atoms with Gasteiger partial charge < -0.3 is 4.74 Å². The van der Waals surface area contributed by atoms with Gasteiger partial charge in [0.25, 0.3) is 0 Å². The summed E-state index contributed by atoms with van der Waals surface area (Å²) in [6.45, 7) is 0. The molecule has 0 radical (unpaired) electrons. The summed E-state index contributed by atoms with van der Waals surface area (Å²) in [6, 6.07) is 6.24. The number of pyridine rings is 1. The number of nitrogens with zero attached hydrogens (tertiary/aromatic N) is 3. The minimum atomic E-state index is -4.81. The molecule has 6 nitrogen and oxygen atoms in total. The van der Waals surface area contributed by atoms with Crippen LogP contribution in [-0.2, 0) is 4.79 Å². The first-order chi connectivity index (χ1) is 14.8. The summed E-state index contributed by atoms with van der Waals surface area (Å²) >= 11 is 0. The molecule has 1 amide bonds. The van der Waals surface area contributed by atoms with Gasteiger partial charge in [0.15, 0.2) is 5.65 Å². The van der Waals surface area contributed by atoms with E-state index in [0.717, 1.165) is 56.9 Å². The van der Waals surface area contributed by atoms with Crippen LogP contribution in [0.1, 0.15) is 38.5 Å². The van der Waals surface area contributed by atoms with Gasteiger partial charge in [0.05, 0.1) is 11.9 Å². The minimum absolute atomic E-state index is 0.131. The molecule has 4 rings (SSSR count). The lowest BCUT2D eigenvalue weighted by molar-refractivity contribution is -0.274. The normalized spacial score (nSPS) is 15.6. The van der Waals surface area contributed by atoms with E-state index >= 15 is 0 Å². The van der Waals surface area contributed by atoms with E-state index in [2.05, 4.69) is 20.0 Å². The van der Waals surface area contributed by atoms with Crippen molar-refractivity contribution in [3.63, 3.8) is 0 Å². The molecule has 10 heteroatoms. The molecule has 0 unspecified atom stereocenters. The average molecular weight is 436 g/mol. The smallest absolute Gasteiger partial charge is 0.406 e. The third-order valence-electron chi connectivity index (χ3n) is 5.25. The van der Waals surface area contributed by atoms with Crippen LogP contribution in [0.3, 0.4) is 0 Å². The highest BCUT2D eigenvalue weighted by molar-refractivity contribution is 5.93. The molecule has 1 N–H and O–H groups in total. The molecule has 164 valence electrons. The molecule has 1 aromatic carbocycles. The number of halogens is 4. The first kappa shape index (κ1) is 21.1. The van der Waals surface area contributed by atoms with Crippen LogP contribution in [0.4, 0.5) is 23.5 Å². The summed E-state index contributed by atoms with van der Waals surface area (Å²) in [7, 11) is 0. The van der Waals surface area contributed by atoms with Crippen molar-refractivity contribution in [2.45, 2.75) is 44.9 Å². The zero-order chi connectivity index (χ0) is 22.0. The molecule has 1 aliphatic rings. The Kier molecular flexibility index (Phi) is 5.79. The molecular formula is C21H20F4N4O2. The molecule has 0 spiro atoms. The first-order valence-electron chi connectivity index (χ1n) is 10.0. The Morgan fingerprint density at radius 3 is 2.42 bits per heavy atom. The number of anilines is 1. The molecule has 0 atom stereocenters. The third-order valence-corrected chi connectivity index (χ3v) is 5.25. The number of amides is 1. The van der Waals surface area contributed by atoms with Gasteiger partial charge in [-0.2, -0.15) is 0 Å². The van der Waals surface area contributed by atoms with Crippen LogP contribution in [0.25, 0.3) is 16.9 Å². The minimum Gasteiger partial charge on any atom is -0.406 e. The van der Waals surface area contributed by atoms with Gasteiger partial charge in [0, 0.05) is 12.0 Å². The summed E-state index contributed by atoms with van der Waals surface area (Å²) < 4.78 is 56.4. The van der Waals surface area contributed by atoms with Gasteiger partial charge >= 0.3 is 6.36 Å². The lowest BCUT2D eigenvalue weighted by Crippen LogP contribution is -2.24. The zero-order valence-corrected chi connectivity index (χ0v) is 16.5. The van der Waals surface area contributed by atoms with Crippen LogP contribution < -0.4 is 10.1 Å². The molecule has 2 heterocycles. The predicted octanol–water partition coefficient (Wildman–Crippen LogP) is 5.37. The number of carbonyl (C=O) groups is 1. The summed E-state index contributed by atoms with van der Waals surface area (Å²) in [4.78, 5) is 21.2. The van der Waals surface area contributed by atoms with E-state index in [-0.39, 0.29) is 34.7 Å². The van der Waals surface area contributed by atoms with E-state index in [4.69, 9.17) is 0 Å². The number of rotatable bonds is 4. The van der Waals surface area contributed by atoms with Crippen molar-refractivity contribution in [1.82, 2.24) is 14.5 Å². The second-order valence-corrected chi connectivity index (χ2v) is 7.49. The zero-order valence-electron chi connectivity index (χ0n) is 16.5. The van der Waals surface area contributed by atoms with E-state index < -0.39 is 12.2 Å². The lowest BCUT2D eigenvalue weighted by atomic mass is 10.00. The van der Waals surface area contributed by atoms with E-state index in [9.17, 15) is 22.4 Å². The van der Waals surface area contributed by atoms with E-state index in [1.165, 1.54) is 22.8 Å². The molecule has 1 aliphatic carbocycles. The lowest BCUT2D eigenvalue weighted by Gasteiger charge is -2.15. The van der Waals surface area contributed by atoms with Gasteiger partial charge in [-0.3, -0.25) is 14.7 Å². The van der Waals surface area contributed by atoms with Gasteiger partial charge in [-0.15, -0.1) is 13.2 Å². The fourth-order valence-electron chi connectivity index (χ4n) is 3.82. The Balaban J connectivity index is 1.69. The number of ether oxygens (including phenoxy) is 1. The van der Waals surface area contributed by atoms with Crippen LogP contribution in [0.2, 0.25) is 0 Å². The molecule has 3 aromatic rings. The molecule has 0 aliphatic heterocycles. The second-order valence-electron chi connectivity index (χ2n) is 7.49. The van der Waals surface area contributed by atoms with Crippen molar-refractivity contribution in [3.8, 4) is 11.4 Å². The van der Waals surface area contributed by atoms with Crippen LogP contribution >= 0.6 is 0 Å². The van der Waals surface area contributed by atoms with E-state index in [1.54, 1.807) is 0 Å². The highest BCUT2D eigenvalue weighted by Crippen LogP contribution is 2.29. The fraction of sp³-hybridized carbons (Fsp3) is 0.381. The number of hydrogen-bond acceptors (Lipinski definition) is 4. The average Bonchev–Trinajstić information content (AvgIpc) is 2.88. The monoisotopic (exact) mass is 436 g/mol. The molecule has 1 fully saturated rings. The molecular weight excluding hydrogens is 416 g/mol. The molecule has 0 bridgehead atoms. The molecule has 1 saturated carbocycles. The first-order valence-corrected chi connectivity index (χ1v) is 10.0. The maximum absolute atomic E-state index is 13.7. The predicted molar refractivity (Wildman–Crippen MR) is 105 cm³/mol. The van der Waals surface area contributed by atoms with Crippen molar-refractivity contribution >= 4 is 23.0 Å². The Morgan fingerprint density at radius 2 is 1.77 bits per heavy atom. The number of imidazole rings is 1. The number of fused-ring (bicyclic) bond motifs is 1. The van der Waals surface area contributed by atoms with Crippen LogP contribution in [0.5, 0.6) is 5.75 Å². The largest absolute Gasteiger partial charge is 0.573 e. The summed E-state index contributed by atoms with van der Waals surface area (Å²) in [6.07, 6.45) is 1.91. The van der Waals surface area contributed by atoms with Crippen LogP contribution in [0, 0.1) is 11.7 Å². The third kappa shape index (κ3) is 4.95. The number of hydrogen-bond donors (Lipinski definition) is 1. The van der Waals surface area contributed by atoms with Crippen LogP contribution in [-0.4, -0.2) is 26.8 Å². The van der Waals surface area contributed by atoms with Crippen molar-refractivity contribution in [3.05, 3.63) is 42.3 Å². The topological polar surface area (TPSA) is 69.0 Å². The Morgan fingerprint density at radius 1 is 1.10 bits per heavy atom. The fourth-order valence-corrected chi connectivity index (χ4v) is 3.82. The highest BCUT2D eigenvalue weighted by atomic mass is 19.4. The van der Waals surface area contributed by atoms with Crippen molar-refractivity contribution in [2.75, 3.05) is 5.32 Å². The number of alkyl halides is 3. The number of benzene rings is 1. The molecule has 2 aromatic heterocycles. The van der Waals surface area contributed by atoms with Gasteiger partial charge in [-0.05, 0) is 37.1 Å². The Hall–Kier alpha value is -3.17. The van der Waals surface area contributed by atoms with Crippen molar-refractivity contribution in [2.24, 2.45) is 5.92 Å². The SMILES string of the molecule is O=C(Nc1nc2cc(F)cnc2n1-c1ccc(OC(F)(F)F)cc1)C1CCCCCC1.